The summed E-state index contributed by atoms with van der Waals surface area (Å²) in [4.78, 5) is 23.9. The lowest BCUT2D eigenvalue weighted by Crippen LogP contribution is -2.40. The highest BCUT2D eigenvalue weighted by molar-refractivity contribution is 7.89. The smallest absolute Gasteiger partial charge is 0.240 e. The van der Waals surface area contributed by atoms with E-state index in [1.807, 2.05) is 18.2 Å². The van der Waals surface area contributed by atoms with E-state index in [1.165, 1.54) is 31.2 Å². The quantitative estimate of drug-likeness (QED) is 0.533. The van der Waals surface area contributed by atoms with Crippen LogP contribution in [0.5, 0.6) is 5.75 Å². The van der Waals surface area contributed by atoms with Gasteiger partial charge in [0.2, 0.25) is 15.9 Å². The molecule has 172 valence electrons. The van der Waals surface area contributed by atoms with E-state index in [-0.39, 0.29) is 35.0 Å². The van der Waals surface area contributed by atoms with Crippen molar-refractivity contribution in [1.29, 1.82) is 0 Å². The first-order valence-electron chi connectivity index (χ1n) is 10.8. The number of Topliss-reactive ketones (excluding diaryl/α,β-unsaturated/α-hetero) is 1. The van der Waals surface area contributed by atoms with E-state index >= 15 is 0 Å². The first-order valence-corrected chi connectivity index (χ1v) is 12.3. The molecule has 32 heavy (non-hydrogen) atoms. The first kappa shape index (κ1) is 23.9. The molecule has 1 amide bonds. The van der Waals surface area contributed by atoms with Crippen LogP contribution in [0.25, 0.3) is 0 Å². The third kappa shape index (κ3) is 5.55. The van der Waals surface area contributed by atoms with Gasteiger partial charge in [-0.1, -0.05) is 43.2 Å². The summed E-state index contributed by atoms with van der Waals surface area (Å²) < 4.78 is 32.8. The maximum Gasteiger partial charge on any atom is 0.240 e. The number of ketones is 1. The van der Waals surface area contributed by atoms with E-state index in [9.17, 15) is 18.0 Å². The number of methoxy groups -OCH3 is 1. The molecule has 0 bridgehead atoms. The van der Waals surface area contributed by atoms with Crippen molar-refractivity contribution in [3.05, 3.63) is 59.7 Å². The van der Waals surface area contributed by atoms with Crippen molar-refractivity contribution in [2.24, 2.45) is 0 Å². The van der Waals surface area contributed by atoms with E-state index < -0.39 is 10.0 Å². The lowest BCUT2D eigenvalue weighted by molar-refractivity contribution is -0.121. The number of nitrogens with one attached hydrogen (secondary N) is 2. The number of sulfonamides is 1. The van der Waals surface area contributed by atoms with Crippen molar-refractivity contribution in [2.45, 2.75) is 49.3 Å². The minimum absolute atomic E-state index is 0.00964. The van der Waals surface area contributed by atoms with Crippen LogP contribution in [-0.4, -0.2) is 40.3 Å². The van der Waals surface area contributed by atoms with Crippen LogP contribution in [0.2, 0.25) is 0 Å². The lowest BCUT2D eigenvalue weighted by Gasteiger charge is -2.31. The summed E-state index contributed by atoms with van der Waals surface area (Å²) in [6.07, 6.45) is 4.16. The fourth-order valence-corrected chi connectivity index (χ4v) is 5.31. The normalized spacial score (nSPS) is 15.3. The molecular weight excluding hydrogens is 428 g/mol. The Bertz CT molecular complexity index is 1060. The van der Waals surface area contributed by atoms with Gasteiger partial charge in [-0.05, 0) is 38.0 Å². The summed E-state index contributed by atoms with van der Waals surface area (Å²) in [5.41, 5.74) is 1.38. The molecule has 0 unspecified atom stereocenters. The van der Waals surface area contributed by atoms with E-state index in [4.69, 9.17) is 4.74 Å². The largest absolute Gasteiger partial charge is 0.496 e. The number of rotatable bonds is 10. The van der Waals surface area contributed by atoms with Gasteiger partial charge in [0.1, 0.15) is 5.75 Å². The fourth-order valence-electron chi connectivity index (χ4n) is 4.28. The zero-order chi connectivity index (χ0) is 23.2. The van der Waals surface area contributed by atoms with E-state index in [0.29, 0.717) is 12.1 Å². The molecule has 0 heterocycles. The molecule has 1 aliphatic carbocycles. The predicted octanol–water partition coefficient (Wildman–Crippen LogP) is 3.19. The predicted molar refractivity (Wildman–Crippen MR) is 122 cm³/mol. The van der Waals surface area contributed by atoms with Crippen LogP contribution in [-0.2, 0) is 20.2 Å². The first-order chi connectivity index (χ1) is 15.3. The standard InChI is InChI=1S/C24H30N2O5S/c1-18(27)19-9-11-20(12-10-19)32(29,30)26-16-13-23(28)25-17-24(14-5-6-15-24)21-7-3-4-8-22(21)31-2/h3-4,7-12,26H,5-6,13-17H2,1-2H3,(H,25,28). The molecule has 7 nitrogen and oxygen atoms in total. The number of hydrogen-bond donors (Lipinski definition) is 2. The van der Waals surface area contributed by atoms with Crippen LogP contribution in [0.1, 0.15) is 54.9 Å². The number of carbonyl (C=O) groups is 2. The van der Waals surface area contributed by atoms with E-state index in [2.05, 4.69) is 16.1 Å². The number of ether oxygens (including phenoxy) is 1. The number of benzene rings is 2. The Balaban J connectivity index is 1.55. The maximum atomic E-state index is 12.5. The lowest BCUT2D eigenvalue weighted by atomic mass is 9.78. The minimum Gasteiger partial charge on any atom is -0.496 e. The van der Waals surface area contributed by atoms with Crippen molar-refractivity contribution < 1.29 is 22.7 Å². The van der Waals surface area contributed by atoms with Gasteiger partial charge >= 0.3 is 0 Å². The average molecular weight is 459 g/mol. The molecule has 2 N–H and O–H groups in total. The van der Waals surface area contributed by atoms with Crippen molar-refractivity contribution in [3.63, 3.8) is 0 Å². The zero-order valence-corrected chi connectivity index (χ0v) is 19.3. The Morgan fingerprint density at radius 1 is 1.03 bits per heavy atom. The average Bonchev–Trinajstić information content (AvgIpc) is 3.27. The number of hydrogen-bond acceptors (Lipinski definition) is 5. The van der Waals surface area contributed by atoms with Crippen LogP contribution in [0.4, 0.5) is 0 Å². The maximum absolute atomic E-state index is 12.5. The van der Waals surface area contributed by atoms with Gasteiger partial charge in [0.05, 0.1) is 12.0 Å². The highest BCUT2D eigenvalue weighted by Gasteiger charge is 2.37. The number of amides is 1. The van der Waals surface area contributed by atoms with Crippen molar-refractivity contribution in [2.75, 3.05) is 20.2 Å². The molecule has 0 spiro atoms. The molecule has 0 radical (unpaired) electrons. The molecule has 1 fully saturated rings. The highest BCUT2D eigenvalue weighted by Crippen LogP contribution is 2.44. The molecule has 1 saturated carbocycles. The Morgan fingerprint density at radius 2 is 1.69 bits per heavy atom. The molecule has 2 aromatic carbocycles. The van der Waals surface area contributed by atoms with Gasteiger partial charge in [0.25, 0.3) is 0 Å². The van der Waals surface area contributed by atoms with Gasteiger partial charge in [-0.15, -0.1) is 0 Å². The molecule has 8 heteroatoms. The summed E-state index contributed by atoms with van der Waals surface area (Å²) in [5, 5.41) is 2.99. The van der Waals surface area contributed by atoms with Gasteiger partial charge in [0, 0.05) is 36.1 Å². The Labute approximate surface area is 189 Å². The van der Waals surface area contributed by atoms with Gasteiger partial charge in [-0.2, -0.15) is 0 Å². The summed E-state index contributed by atoms with van der Waals surface area (Å²) in [6, 6.07) is 13.6. The SMILES string of the molecule is COc1ccccc1C1(CNC(=O)CCNS(=O)(=O)c2ccc(C(C)=O)cc2)CCCC1. The Hall–Kier alpha value is -2.71. The van der Waals surface area contributed by atoms with Gasteiger partial charge in [-0.25, -0.2) is 13.1 Å². The van der Waals surface area contributed by atoms with Crippen LogP contribution < -0.4 is 14.8 Å². The molecular formula is C24H30N2O5S. The van der Waals surface area contributed by atoms with Crippen LogP contribution in [0, 0.1) is 0 Å². The summed E-state index contributed by atoms with van der Waals surface area (Å²) >= 11 is 0. The third-order valence-corrected chi connectivity index (χ3v) is 7.56. The Morgan fingerprint density at radius 3 is 2.31 bits per heavy atom. The monoisotopic (exact) mass is 458 g/mol. The summed E-state index contributed by atoms with van der Waals surface area (Å²) in [6.45, 7) is 1.90. The molecule has 0 aromatic heterocycles. The van der Waals surface area contributed by atoms with Gasteiger partial charge in [0.15, 0.2) is 5.78 Å². The minimum atomic E-state index is -3.75. The zero-order valence-electron chi connectivity index (χ0n) is 18.5. The van der Waals surface area contributed by atoms with Crippen molar-refractivity contribution >= 4 is 21.7 Å². The molecule has 0 aliphatic heterocycles. The van der Waals surface area contributed by atoms with Crippen molar-refractivity contribution in [3.8, 4) is 5.75 Å². The van der Waals surface area contributed by atoms with Gasteiger partial charge < -0.3 is 10.1 Å². The topological polar surface area (TPSA) is 102 Å². The summed E-state index contributed by atoms with van der Waals surface area (Å²) in [7, 11) is -2.10. The molecule has 3 rings (SSSR count). The molecule has 0 atom stereocenters. The Kier molecular flexibility index (Phi) is 7.69. The third-order valence-electron chi connectivity index (χ3n) is 6.08. The molecule has 2 aromatic rings. The van der Waals surface area contributed by atoms with E-state index in [1.54, 1.807) is 7.11 Å². The van der Waals surface area contributed by atoms with Gasteiger partial charge in [-0.3, -0.25) is 9.59 Å². The highest BCUT2D eigenvalue weighted by atomic mass is 32.2. The number of carbonyl (C=O) groups excluding carboxylic acids is 2. The second kappa shape index (κ2) is 10.3. The van der Waals surface area contributed by atoms with Crippen molar-refractivity contribution in [1.82, 2.24) is 10.0 Å². The number of para-hydroxylation sites is 1. The molecule has 0 saturated heterocycles. The van der Waals surface area contributed by atoms with Crippen LogP contribution in [0.3, 0.4) is 0 Å². The summed E-state index contributed by atoms with van der Waals surface area (Å²) in [5.74, 6) is 0.486. The second-order valence-corrected chi connectivity index (χ2v) is 9.96. The van der Waals surface area contributed by atoms with E-state index in [0.717, 1.165) is 37.0 Å². The fraction of sp³-hybridized carbons (Fsp3) is 0.417. The second-order valence-electron chi connectivity index (χ2n) is 8.19. The van der Waals surface area contributed by atoms with Crippen LogP contribution >= 0.6 is 0 Å². The van der Waals surface area contributed by atoms with Crippen LogP contribution in [0.15, 0.2) is 53.4 Å². The molecule has 1 aliphatic rings.